The van der Waals surface area contributed by atoms with Crippen LogP contribution in [-0.4, -0.2) is 33.1 Å². The van der Waals surface area contributed by atoms with Gasteiger partial charge < -0.3 is 5.32 Å². The molecule has 36 heavy (non-hydrogen) atoms. The van der Waals surface area contributed by atoms with Gasteiger partial charge in [-0.05, 0) is 30.7 Å². The lowest BCUT2D eigenvalue weighted by atomic mass is 10.0. The van der Waals surface area contributed by atoms with Gasteiger partial charge in [-0.25, -0.2) is 10.5 Å². The largest absolute Gasteiger partial charge is 0.335 e. The number of aromatic amines is 1. The fourth-order valence-corrected chi connectivity index (χ4v) is 3.53. The van der Waals surface area contributed by atoms with Crippen LogP contribution in [-0.2, 0) is 4.79 Å². The lowest BCUT2D eigenvalue weighted by Crippen LogP contribution is -2.40. The van der Waals surface area contributed by atoms with Crippen LogP contribution in [0.1, 0.15) is 33.2 Å². The predicted octanol–water partition coefficient (Wildman–Crippen LogP) is 2.76. The Morgan fingerprint density at radius 2 is 1.75 bits per heavy atom. The molecule has 1 atom stereocenters. The van der Waals surface area contributed by atoms with Crippen molar-refractivity contribution >= 4 is 34.5 Å². The number of benzene rings is 3. The SMILES string of the molecule is Cc1ccc([N+](=O)[O-])cc1C=NNC(=O)[C@@H](NC(=O)c1ccccc1)c1n[nH]c(=O)c2ccccc12. The number of nitro benzene ring substituents is 1. The van der Waals surface area contributed by atoms with Crippen LogP contribution >= 0.6 is 0 Å². The number of H-pyrrole nitrogens is 1. The maximum absolute atomic E-state index is 13.2. The highest BCUT2D eigenvalue weighted by molar-refractivity contribution is 5.99. The number of amides is 2. The molecule has 180 valence electrons. The van der Waals surface area contributed by atoms with E-state index in [0.717, 1.165) is 0 Å². The fourth-order valence-electron chi connectivity index (χ4n) is 3.53. The third kappa shape index (κ3) is 5.14. The van der Waals surface area contributed by atoms with Gasteiger partial charge in [-0.15, -0.1) is 0 Å². The summed E-state index contributed by atoms with van der Waals surface area (Å²) in [5.74, 6) is -1.27. The average molecular weight is 484 g/mol. The van der Waals surface area contributed by atoms with Crippen LogP contribution in [0.2, 0.25) is 0 Å². The molecule has 0 aliphatic rings. The van der Waals surface area contributed by atoms with Gasteiger partial charge in [0, 0.05) is 28.6 Å². The van der Waals surface area contributed by atoms with Crippen LogP contribution in [0.4, 0.5) is 5.69 Å². The van der Waals surface area contributed by atoms with E-state index in [0.29, 0.717) is 27.5 Å². The number of carbonyl (C=O) groups is 2. The molecule has 3 N–H and O–H groups in total. The minimum atomic E-state index is -1.32. The number of carbonyl (C=O) groups excluding carboxylic acids is 2. The molecule has 0 unspecified atom stereocenters. The highest BCUT2D eigenvalue weighted by atomic mass is 16.6. The molecule has 11 heteroatoms. The number of rotatable bonds is 7. The first-order valence-electron chi connectivity index (χ1n) is 10.8. The van der Waals surface area contributed by atoms with E-state index in [1.165, 1.54) is 18.3 Å². The van der Waals surface area contributed by atoms with Crippen LogP contribution in [0.5, 0.6) is 0 Å². The predicted molar refractivity (Wildman–Crippen MR) is 133 cm³/mol. The van der Waals surface area contributed by atoms with Crippen LogP contribution in [0.25, 0.3) is 10.8 Å². The molecular weight excluding hydrogens is 464 g/mol. The molecular formula is C25H20N6O5. The molecule has 0 fully saturated rings. The Hall–Kier alpha value is -5.19. The Morgan fingerprint density at radius 3 is 2.47 bits per heavy atom. The first-order valence-corrected chi connectivity index (χ1v) is 10.8. The van der Waals surface area contributed by atoms with E-state index in [4.69, 9.17) is 0 Å². The molecule has 0 saturated carbocycles. The lowest BCUT2D eigenvalue weighted by Gasteiger charge is -2.18. The van der Waals surface area contributed by atoms with Gasteiger partial charge in [-0.2, -0.15) is 10.2 Å². The first kappa shape index (κ1) is 24.0. The molecule has 0 spiro atoms. The zero-order chi connectivity index (χ0) is 25.7. The molecule has 4 aromatic rings. The highest BCUT2D eigenvalue weighted by Crippen LogP contribution is 2.21. The van der Waals surface area contributed by atoms with Crippen LogP contribution in [0, 0.1) is 17.0 Å². The van der Waals surface area contributed by atoms with E-state index in [9.17, 15) is 24.5 Å². The van der Waals surface area contributed by atoms with Crippen molar-refractivity contribution < 1.29 is 14.5 Å². The summed E-state index contributed by atoms with van der Waals surface area (Å²) in [6, 6.07) is 17.8. The Morgan fingerprint density at radius 1 is 1.06 bits per heavy atom. The van der Waals surface area contributed by atoms with Gasteiger partial charge in [0.05, 0.1) is 16.5 Å². The molecule has 1 heterocycles. The molecule has 1 aromatic heterocycles. The second-order valence-electron chi connectivity index (χ2n) is 7.79. The number of hydrogen-bond donors (Lipinski definition) is 3. The Bertz CT molecular complexity index is 1550. The van der Waals surface area contributed by atoms with Crippen molar-refractivity contribution in [2.24, 2.45) is 5.10 Å². The second kappa shape index (κ2) is 10.4. The van der Waals surface area contributed by atoms with Crippen molar-refractivity contribution in [1.82, 2.24) is 20.9 Å². The minimum absolute atomic E-state index is 0.119. The third-order valence-electron chi connectivity index (χ3n) is 5.42. The van der Waals surface area contributed by atoms with Gasteiger partial charge in [-0.1, -0.05) is 42.5 Å². The summed E-state index contributed by atoms with van der Waals surface area (Å²) in [6.45, 7) is 1.74. The standard InChI is InChI=1S/C25H20N6O5/c1-15-11-12-18(31(35)36)13-17(15)14-26-29-25(34)22(27-23(32)16-7-3-2-4-8-16)21-19-9-5-6-10-20(19)24(33)30-28-21/h2-14,22H,1H3,(H,27,32)(H,29,34)(H,30,33)/t22-/m0/s1. The number of aromatic nitrogens is 2. The van der Waals surface area contributed by atoms with Gasteiger partial charge in [0.2, 0.25) is 0 Å². The Balaban J connectivity index is 1.67. The molecule has 4 rings (SSSR count). The maximum Gasteiger partial charge on any atom is 0.272 e. The summed E-state index contributed by atoms with van der Waals surface area (Å²) in [5, 5.41) is 24.7. The number of non-ortho nitro benzene ring substituents is 1. The summed E-state index contributed by atoms with van der Waals surface area (Å²) in [6.07, 6.45) is 1.27. The average Bonchev–Trinajstić information content (AvgIpc) is 2.89. The number of nitro groups is 1. The van der Waals surface area contributed by atoms with Crippen molar-refractivity contribution in [3.05, 3.63) is 116 Å². The number of nitrogens with one attached hydrogen (secondary N) is 3. The molecule has 2 amide bonds. The molecule has 11 nitrogen and oxygen atoms in total. The van der Waals surface area contributed by atoms with E-state index in [1.807, 2.05) is 0 Å². The van der Waals surface area contributed by atoms with E-state index in [1.54, 1.807) is 67.6 Å². The molecule has 0 radical (unpaired) electrons. The van der Waals surface area contributed by atoms with E-state index >= 15 is 0 Å². The summed E-state index contributed by atoms with van der Waals surface area (Å²) < 4.78 is 0. The molecule has 0 aliphatic carbocycles. The van der Waals surface area contributed by atoms with Crippen molar-refractivity contribution in [3.8, 4) is 0 Å². The smallest absolute Gasteiger partial charge is 0.272 e. The third-order valence-corrected chi connectivity index (χ3v) is 5.42. The van der Waals surface area contributed by atoms with Crippen molar-refractivity contribution in [2.45, 2.75) is 13.0 Å². The normalized spacial score (nSPS) is 11.8. The van der Waals surface area contributed by atoms with Crippen molar-refractivity contribution in [3.63, 3.8) is 0 Å². The van der Waals surface area contributed by atoms with E-state index in [2.05, 4.69) is 26.0 Å². The summed E-state index contributed by atoms with van der Waals surface area (Å²) >= 11 is 0. The van der Waals surface area contributed by atoms with Crippen molar-refractivity contribution in [1.29, 1.82) is 0 Å². The van der Waals surface area contributed by atoms with Gasteiger partial charge in [0.15, 0.2) is 6.04 Å². The van der Waals surface area contributed by atoms with Crippen LogP contribution < -0.4 is 16.3 Å². The summed E-state index contributed by atoms with van der Waals surface area (Å²) in [4.78, 5) is 48.9. The molecule has 0 saturated heterocycles. The lowest BCUT2D eigenvalue weighted by molar-refractivity contribution is -0.384. The zero-order valence-corrected chi connectivity index (χ0v) is 19.0. The van der Waals surface area contributed by atoms with E-state index < -0.39 is 28.3 Å². The highest BCUT2D eigenvalue weighted by Gasteiger charge is 2.27. The topological polar surface area (TPSA) is 159 Å². The summed E-state index contributed by atoms with van der Waals surface area (Å²) in [5.41, 5.74) is 3.37. The fraction of sp³-hybridized carbons (Fsp3) is 0.0800. The van der Waals surface area contributed by atoms with Gasteiger partial charge in [0.25, 0.3) is 23.1 Å². The molecule has 0 aliphatic heterocycles. The van der Waals surface area contributed by atoms with Crippen LogP contribution in [0.3, 0.4) is 0 Å². The number of fused-ring (bicyclic) bond motifs is 1. The molecule has 0 bridgehead atoms. The van der Waals surface area contributed by atoms with E-state index in [-0.39, 0.29) is 11.4 Å². The van der Waals surface area contributed by atoms with Gasteiger partial charge in [-0.3, -0.25) is 24.5 Å². The second-order valence-corrected chi connectivity index (χ2v) is 7.79. The zero-order valence-electron chi connectivity index (χ0n) is 19.0. The molecule has 3 aromatic carbocycles. The minimum Gasteiger partial charge on any atom is -0.335 e. The quantitative estimate of drug-likeness (QED) is 0.208. The van der Waals surface area contributed by atoms with Crippen molar-refractivity contribution in [2.75, 3.05) is 0 Å². The Labute approximate surface area is 204 Å². The number of hydrogen-bond acceptors (Lipinski definition) is 7. The number of aryl methyl sites for hydroxylation is 1. The number of hydrazone groups is 1. The van der Waals surface area contributed by atoms with Crippen LogP contribution in [0.15, 0.2) is 82.7 Å². The monoisotopic (exact) mass is 484 g/mol. The summed E-state index contributed by atoms with van der Waals surface area (Å²) in [7, 11) is 0. The first-order chi connectivity index (χ1) is 17.3. The number of nitrogens with zero attached hydrogens (tertiary/aromatic N) is 3. The maximum atomic E-state index is 13.2. The Kier molecular flexibility index (Phi) is 6.91. The van der Waals surface area contributed by atoms with Gasteiger partial charge in [0.1, 0.15) is 5.69 Å². The van der Waals surface area contributed by atoms with Gasteiger partial charge >= 0.3 is 0 Å².